The Bertz CT molecular complexity index is 347. The number of thiophene rings is 1. The van der Waals surface area contributed by atoms with Crippen LogP contribution in [-0.4, -0.2) is 28.1 Å². The molecule has 0 atom stereocenters. The number of aromatic nitrogens is 1. The highest BCUT2D eigenvalue weighted by atomic mass is 32.1. The summed E-state index contributed by atoms with van der Waals surface area (Å²) in [6.07, 6.45) is 3.93. The zero-order chi connectivity index (χ0) is 11.2. The maximum atomic E-state index is 9.05. The summed E-state index contributed by atoms with van der Waals surface area (Å²) in [7, 11) is 0. The third-order valence-electron chi connectivity index (χ3n) is 2.47. The number of aliphatic hydroxyl groups excluding tert-OH is 1. The molecule has 2 aromatic rings. The van der Waals surface area contributed by atoms with Gasteiger partial charge >= 0.3 is 0 Å². The molecule has 4 heteroatoms. The van der Waals surface area contributed by atoms with E-state index in [0.29, 0.717) is 6.54 Å². The van der Waals surface area contributed by atoms with Crippen molar-refractivity contribution in [3.8, 4) is 0 Å². The van der Waals surface area contributed by atoms with Crippen LogP contribution in [0.1, 0.15) is 11.1 Å². The normalized spacial score (nSPS) is 11.1. The Labute approximate surface area is 99.4 Å². The Morgan fingerprint density at radius 3 is 2.75 bits per heavy atom. The molecule has 0 saturated heterocycles. The minimum Gasteiger partial charge on any atom is -0.395 e. The van der Waals surface area contributed by atoms with Gasteiger partial charge in [-0.25, -0.2) is 0 Å². The highest BCUT2D eigenvalue weighted by Crippen LogP contribution is 2.11. The number of nitrogens with one attached hydrogen (secondary N) is 1. The number of rotatable bonds is 6. The highest BCUT2D eigenvalue weighted by molar-refractivity contribution is 7.07. The first-order valence-corrected chi connectivity index (χ1v) is 6.28. The maximum Gasteiger partial charge on any atom is 0.0558 e. The Morgan fingerprint density at radius 2 is 2.12 bits per heavy atom. The van der Waals surface area contributed by atoms with Crippen LogP contribution in [-0.2, 0) is 13.1 Å². The van der Waals surface area contributed by atoms with E-state index in [-0.39, 0.29) is 6.61 Å². The molecule has 0 aliphatic heterocycles. The molecule has 2 heterocycles. The van der Waals surface area contributed by atoms with Crippen LogP contribution in [0.25, 0.3) is 0 Å². The molecule has 0 radical (unpaired) electrons. The van der Waals surface area contributed by atoms with Gasteiger partial charge in [0.15, 0.2) is 0 Å². The molecule has 0 spiro atoms. The number of hydrogen-bond donors (Lipinski definition) is 2. The molecule has 16 heavy (non-hydrogen) atoms. The van der Waals surface area contributed by atoms with Crippen LogP contribution < -0.4 is 0 Å². The van der Waals surface area contributed by atoms with Crippen LogP contribution in [0.5, 0.6) is 0 Å². The molecular weight excluding hydrogens is 220 g/mol. The number of nitrogens with zero attached hydrogens (tertiary/aromatic N) is 1. The highest BCUT2D eigenvalue weighted by Gasteiger charge is 2.06. The Morgan fingerprint density at radius 1 is 1.25 bits per heavy atom. The van der Waals surface area contributed by atoms with Crippen molar-refractivity contribution < 1.29 is 5.11 Å². The van der Waals surface area contributed by atoms with Crippen LogP contribution in [0.3, 0.4) is 0 Å². The number of hydrogen-bond acceptors (Lipinski definition) is 3. The molecule has 86 valence electrons. The zero-order valence-electron chi connectivity index (χ0n) is 9.10. The Balaban J connectivity index is 1.94. The van der Waals surface area contributed by atoms with Crippen LogP contribution >= 0.6 is 11.3 Å². The van der Waals surface area contributed by atoms with E-state index in [2.05, 4.69) is 32.8 Å². The van der Waals surface area contributed by atoms with Gasteiger partial charge in [-0.15, -0.1) is 0 Å². The van der Waals surface area contributed by atoms with E-state index in [1.54, 1.807) is 11.3 Å². The van der Waals surface area contributed by atoms with Crippen LogP contribution in [0, 0.1) is 0 Å². The summed E-state index contributed by atoms with van der Waals surface area (Å²) < 4.78 is 0. The number of H-pyrrole nitrogens is 1. The average molecular weight is 236 g/mol. The molecule has 2 rings (SSSR count). The first-order chi connectivity index (χ1) is 7.88. The molecule has 0 aliphatic rings. The molecule has 3 nitrogen and oxygen atoms in total. The van der Waals surface area contributed by atoms with Crippen molar-refractivity contribution in [1.29, 1.82) is 0 Å². The molecule has 0 fully saturated rings. The van der Waals surface area contributed by atoms with Gasteiger partial charge in [-0.05, 0) is 34.0 Å². The zero-order valence-corrected chi connectivity index (χ0v) is 9.91. The van der Waals surface area contributed by atoms with E-state index < -0.39 is 0 Å². The second kappa shape index (κ2) is 5.84. The molecule has 0 unspecified atom stereocenters. The molecule has 0 saturated carbocycles. The lowest BCUT2D eigenvalue weighted by molar-refractivity contribution is 0.184. The maximum absolute atomic E-state index is 9.05. The molecule has 0 aromatic carbocycles. The predicted molar refractivity (Wildman–Crippen MR) is 66.3 cm³/mol. The van der Waals surface area contributed by atoms with Gasteiger partial charge in [0.2, 0.25) is 0 Å². The molecule has 0 amide bonds. The van der Waals surface area contributed by atoms with Crippen molar-refractivity contribution in [1.82, 2.24) is 9.88 Å². The number of aliphatic hydroxyl groups is 1. The first kappa shape index (κ1) is 11.4. The molecule has 0 aliphatic carbocycles. The fraction of sp³-hybridized carbons (Fsp3) is 0.333. The smallest absolute Gasteiger partial charge is 0.0558 e. The van der Waals surface area contributed by atoms with Gasteiger partial charge in [0.25, 0.3) is 0 Å². The van der Waals surface area contributed by atoms with E-state index in [1.807, 2.05) is 12.4 Å². The second-order valence-electron chi connectivity index (χ2n) is 3.79. The lowest BCUT2D eigenvalue weighted by Crippen LogP contribution is -2.25. The Kier molecular flexibility index (Phi) is 4.16. The van der Waals surface area contributed by atoms with E-state index >= 15 is 0 Å². The van der Waals surface area contributed by atoms with Gasteiger partial charge in [-0.1, -0.05) is 0 Å². The fourth-order valence-electron chi connectivity index (χ4n) is 1.71. The van der Waals surface area contributed by atoms with Gasteiger partial charge < -0.3 is 10.1 Å². The van der Waals surface area contributed by atoms with Crippen molar-refractivity contribution in [3.05, 3.63) is 46.4 Å². The van der Waals surface area contributed by atoms with Crippen molar-refractivity contribution in [3.63, 3.8) is 0 Å². The van der Waals surface area contributed by atoms with E-state index in [1.165, 1.54) is 11.1 Å². The van der Waals surface area contributed by atoms with Gasteiger partial charge in [0, 0.05) is 32.0 Å². The SMILES string of the molecule is OCCN(Cc1cc[nH]c1)Cc1ccsc1. The summed E-state index contributed by atoms with van der Waals surface area (Å²) in [5, 5.41) is 13.3. The Hall–Kier alpha value is -1.10. The number of aromatic amines is 1. The van der Waals surface area contributed by atoms with Crippen LogP contribution in [0.15, 0.2) is 35.3 Å². The average Bonchev–Trinajstić information content (AvgIpc) is 2.91. The van der Waals surface area contributed by atoms with Gasteiger partial charge in [-0.2, -0.15) is 11.3 Å². The van der Waals surface area contributed by atoms with E-state index in [4.69, 9.17) is 5.11 Å². The minimum atomic E-state index is 0.203. The van der Waals surface area contributed by atoms with E-state index in [9.17, 15) is 0 Å². The minimum absolute atomic E-state index is 0.203. The molecule has 2 aromatic heterocycles. The summed E-state index contributed by atoms with van der Waals surface area (Å²) >= 11 is 1.71. The van der Waals surface area contributed by atoms with Crippen LogP contribution in [0.2, 0.25) is 0 Å². The first-order valence-electron chi connectivity index (χ1n) is 5.34. The van der Waals surface area contributed by atoms with Crippen molar-refractivity contribution in [2.45, 2.75) is 13.1 Å². The summed E-state index contributed by atoms with van der Waals surface area (Å²) in [5.41, 5.74) is 2.57. The van der Waals surface area contributed by atoms with Gasteiger partial charge in [0.05, 0.1) is 6.61 Å². The van der Waals surface area contributed by atoms with Gasteiger partial charge in [0.1, 0.15) is 0 Å². The largest absolute Gasteiger partial charge is 0.395 e. The third kappa shape index (κ3) is 3.20. The molecule has 2 N–H and O–H groups in total. The third-order valence-corrected chi connectivity index (χ3v) is 3.20. The van der Waals surface area contributed by atoms with Gasteiger partial charge in [-0.3, -0.25) is 4.90 Å². The van der Waals surface area contributed by atoms with Crippen molar-refractivity contribution >= 4 is 11.3 Å². The second-order valence-corrected chi connectivity index (χ2v) is 4.57. The molecule has 0 bridgehead atoms. The quantitative estimate of drug-likeness (QED) is 0.806. The monoisotopic (exact) mass is 236 g/mol. The van der Waals surface area contributed by atoms with Crippen LogP contribution in [0.4, 0.5) is 0 Å². The fourth-order valence-corrected chi connectivity index (χ4v) is 2.37. The summed E-state index contributed by atoms with van der Waals surface area (Å²) in [4.78, 5) is 5.29. The topological polar surface area (TPSA) is 39.3 Å². The predicted octanol–water partition coefficient (Wildman–Crippen LogP) is 2.07. The lowest BCUT2D eigenvalue weighted by Gasteiger charge is -2.20. The summed E-state index contributed by atoms with van der Waals surface area (Å²) in [6.45, 7) is 2.69. The van der Waals surface area contributed by atoms with E-state index in [0.717, 1.165) is 13.1 Å². The lowest BCUT2D eigenvalue weighted by atomic mass is 10.2. The standard InChI is InChI=1S/C12H16N2OS/c15-5-4-14(8-11-1-3-13-7-11)9-12-2-6-16-10-12/h1-3,6-7,10,13,15H,4-5,8-9H2. The summed E-state index contributed by atoms with van der Waals surface area (Å²) in [5.74, 6) is 0. The summed E-state index contributed by atoms with van der Waals surface area (Å²) in [6, 6.07) is 4.20. The molecular formula is C12H16N2OS. The van der Waals surface area contributed by atoms with Crippen molar-refractivity contribution in [2.75, 3.05) is 13.2 Å². The van der Waals surface area contributed by atoms with Crippen molar-refractivity contribution in [2.24, 2.45) is 0 Å².